The van der Waals surface area contributed by atoms with Gasteiger partial charge >= 0.3 is 5.97 Å². The molecule has 1 fully saturated rings. The number of piperidine rings is 1. The van der Waals surface area contributed by atoms with Gasteiger partial charge in [-0.05, 0) is 49.7 Å². The summed E-state index contributed by atoms with van der Waals surface area (Å²) in [5.74, 6) is 0.0570. The first-order valence-electron chi connectivity index (χ1n) is 7.52. The highest BCUT2D eigenvalue weighted by Gasteiger charge is 2.22. The van der Waals surface area contributed by atoms with Gasteiger partial charge in [0.25, 0.3) is 0 Å². The van der Waals surface area contributed by atoms with Crippen molar-refractivity contribution in [2.24, 2.45) is 11.7 Å². The second-order valence-electron chi connectivity index (χ2n) is 5.52. The number of amides is 1. The highest BCUT2D eigenvalue weighted by atomic mass is 32.1. The molecule has 1 aliphatic rings. The Hall–Kier alpha value is -1.44. The third kappa shape index (κ3) is 4.53. The van der Waals surface area contributed by atoms with E-state index in [0.29, 0.717) is 29.6 Å². The largest absolute Gasteiger partial charge is 0.465 e. The van der Waals surface area contributed by atoms with Gasteiger partial charge in [0.1, 0.15) is 4.88 Å². The average Bonchev–Trinajstić information content (AvgIpc) is 2.95. The van der Waals surface area contributed by atoms with Gasteiger partial charge < -0.3 is 15.8 Å². The van der Waals surface area contributed by atoms with Gasteiger partial charge in [-0.3, -0.25) is 9.69 Å². The molecule has 1 saturated heterocycles. The van der Waals surface area contributed by atoms with Crippen LogP contribution in [0.3, 0.4) is 0 Å². The van der Waals surface area contributed by atoms with Crippen LogP contribution in [0.4, 0.5) is 5.69 Å². The molecule has 2 rings (SSSR count). The van der Waals surface area contributed by atoms with E-state index in [1.807, 2.05) is 0 Å². The van der Waals surface area contributed by atoms with Crippen LogP contribution in [0.5, 0.6) is 0 Å². The molecule has 122 valence electrons. The van der Waals surface area contributed by atoms with E-state index in [1.165, 1.54) is 24.9 Å². The summed E-state index contributed by atoms with van der Waals surface area (Å²) in [4.78, 5) is 26.4. The molecule has 22 heavy (non-hydrogen) atoms. The number of carbonyl (C=O) groups is 2. The molecule has 1 amide bonds. The third-order valence-corrected chi connectivity index (χ3v) is 4.75. The van der Waals surface area contributed by atoms with Crippen LogP contribution in [0.15, 0.2) is 11.4 Å². The summed E-state index contributed by atoms with van der Waals surface area (Å²) in [6.45, 7) is 2.89. The van der Waals surface area contributed by atoms with Gasteiger partial charge in [-0.15, -0.1) is 11.3 Å². The quantitative estimate of drug-likeness (QED) is 0.775. The number of esters is 1. The van der Waals surface area contributed by atoms with Crippen LogP contribution in [-0.2, 0) is 9.53 Å². The minimum atomic E-state index is -0.425. The molecule has 7 heteroatoms. The molecule has 1 aromatic rings. The van der Waals surface area contributed by atoms with Gasteiger partial charge in [0.05, 0.1) is 19.3 Å². The lowest BCUT2D eigenvalue weighted by atomic mass is 9.95. The van der Waals surface area contributed by atoms with Crippen molar-refractivity contribution in [1.82, 2.24) is 4.90 Å². The summed E-state index contributed by atoms with van der Waals surface area (Å²) < 4.78 is 4.71. The Morgan fingerprint density at radius 1 is 1.55 bits per heavy atom. The van der Waals surface area contributed by atoms with Crippen LogP contribution in [0.1, 0.15) is 28.9 Å². The first-order valence-corrected chi connectivity index (χ1v) is 8.40. The van der Waals surface area contributed by atoms with Gasteiger partial charge in [0.2, 0.25) is 5.91 Å². The fraction of sp³-hybridized carbons (Fsp3) is 0.600. The van der Waals surface area contributed by atoms with Gasteiger partial charge in [-0.2, -0.15) is 0 Å². The van der Waals surface area contributed by atoms with Gasteiger partial charge in [0.15, 0.2) is 0 Å². The van der Waals surface area contributed by atoms with Crippen molar-refractivity contribution in [1.29, 1.82) is 0 Å². The highest BCUT2D eigenvalue weighted by Crippen LogP contribution is 2.23. The lowest BCUT2D eigenvalue weighted by Gasteiger charge is -2.32. The zero-order chi connectivity index (χ0) is 15.9. The van der Waals surface area contributed by atoms with E-state index in [4.69, 9.17) is 10.5 Å². The minimum absolute atomic E-state index is 0.100. The number of methoxy groups -OCH3 is 1. The van der Waals surface area contributed by atoms with E-state index < -0.39 is 5.97 Å². The molecule has 1 unspecified atom stereocenters. The second-order valence-corrected chi connectivity index (χ2v) is 6.44. The first kappa shape index (κ1) is 16.9. The van der Waals surface area contributed by atoms with Crippen LogP contribution in [0.2, 0.25) is 0 Å². The molecule has 0 aliphatic carbocycles. The molecule has 1 aromatic heterocycles. The van der Waals surface area contributed by atoms with Gasteiger partial charge in [-0.25, -0.2) is 4.79 Å². The Morgan fingerprint density at radius 3 is 3.09 bits per heavy atom. The van der Waals surface area contributed by atoms with Crippen molar-refractivity contribution in [3.05, 3.63) is 16.3 Å². The van der Waals surface area contributed by atoms with E-state index >= 15 is 0 Å². The van der Waals surface area contributed by atoms with Crippen molar-refractivity contribution in [2.45, 2.75) is 19.3 Å². The number of hydrogen-bond acceptors (Lipinski definition) is 6. The van der Waals surface area contributed by atoms with Crippen LogP contribution in [-0.4, -0.2) is 50.1 Å². The fourth-order valence-corrected chi connectivity index (χ4v) is 3.58. The molecule has 2 heterocycles. The predicted molar refractivity (Wildman–Crippen MR) is 87.1 cm³/mol. The number of hydrogen-bond donors (Lipinski definition) is 2. The zero-order valence-electron chi connectivity index (χ0n) is 12.8. The maximum atomic E-state index is 12.2. The lowest BCUT2D eigenvalue weighted by Crippen LogP contribution is -2.41. The van der Waals surface area contributed by atoms with Crippen molar-refractivity contribution in [3.8, 4) is 0 Å². The summed E-state index contributed by atoms with van der Waals surface area (Å²) in [6, 6.07) is 1.72. The normalized spacial score (nSPS) is 18.9. The van der Waals surface area contributed by atoms with Gasteiger partial charge in [0, 0.05) is 6.54 Å². The number of nitrogens with two attached hydrogens (primary N) is 1. The Morgan fingerprint density at radius 2 is 2.36 bits per heavy atom. The maximum absolute atomic E-state index is 12.2. The van der Waals surface area contributed by atoms with Crippen molar-refractivity contribution < 1.29 is 14.3 Å². The maximum Gasteiger partial charge on any atom is 0.350 e. The summed E-state index contributed by atoms with van der Waals surface area (Å²) >= 11 is 1.26. The highest BCUT2D eigenvalue weighted by molar-refractivity contribution is 7.12. The van der Waals surface area contributed by atoms with E-state index in [-0.39, 0.29) is 5.91 Å². The molecule has 6 nitrogen and oxygen atoms in total. The summed E-state index contributed by atoms with van der Waals surface area (Å²) in [6.07, 6.45) is 3.30. The molecule has 1 aliphatic heterocycles. The SMILES string of the molecule is COC(=O)c1sccc1NC(=O)CN1CCCC(CCN)C1. The van der Waals surface area contributed by atoms with Crippen LogP contribution < -0.4 is 11.1 Å². The summed E-state index contributed by atoms with van der Waals surface area (Å²) in [7, 11) is 1.33. The molecule has 0 bridgehead atoms. The van der Waals surface area contributed by atoms with E-state index in [9.17, 15) is 9.59 Å². The topological polar surface area (TPSA) is 84.7 Å². The number of thiophene rings is 1. The molecule has 1 atom stereocenters. The molecule has 3 N–H and O–H groups in total. The summed E-state index contributed by atoms with van der Waals surface area (Å²) in [5, 5.41) is 4.57. The third-order valence-electron chi connectivity index (χ3n) is 3.86. The molecule has 0 spiro atoms. The number of nitrogens with zero attached hydrogens (tertiary/aromatic N) is 1. The number of anilines is 1. The van der Waals surface area contributed by atoms with Crippen molar-refractivity contribution in [2.75, 3.05) is 38.6 Å². The van der Waals surface area contributed by atoms with Crippen LogP contribution in [0.25, 0.3) is 0 Å². The van der Waals surface area contributed by atoms with Crippen LogP contribution in [0, 0.1) is 5.92 Å². The Kier molecular flexibility index (Phi) is 6.35. The predicted octanol–water partition coefficient (Wildman–Crippen LogP) is 1.53. The van der Waals surface area contributed by atoms with Crippen molar-refractivity contribution >= 4 is 28.9 Å². The molecule has 0 radical (unpaired) electrons. The smallest absolute Gasteiger partial charge is 0.350 e. The van der Waals surface area contributed by atoms with Crippen LogP contribution >= 0.6 is 11.3 Å². The number of likely N-dealkylation sites (tertiary alicyclic amines) is 1. The number of carbonyl (C=O) groups excluding carboxylic acids is 2. The Bertz CT molecular complexity index is 516. The standard InChI is InChI=1S/C15H23N3O3S/c1-21-15(20)14-12(5-8-22-14)17-13(19)10-18-7-2-3-11(9-18)4-6-16/h5,8,11H,2-4,6-7,9-10,16H2,1H3,(H,17,19). The first-order chi connectivity index (χ1) is 10.6. The summed E-state index contributed by atoms with van der Waals surface area (Å²) in [5.41, 5.74) is 6.14. The average molecular weight is 325 g/mol. The molecular formula is C15H23N3O3S. The molecular weight excluding hydrogens is 302 g/mol. The number of nitrogens with one attached hydrogen (secondary N) is 1. The van der Waals surface area contributed by atoms with E-state index in [1.54, 1.807) is 11.4 Å². The number of ether oxygens (including phenoxy) is 1. The second kappa shape index (κ2) is 8.26. The molecule has 0 aromatic carbocycles. The van der Waals surface area contributed by atoms with Gasteiger partial charge in [-0.1, -0.05) is 0 Å². The number of rotatable bonds is 6. The fourth-order valence-electron chi connectivity index (χ4n) is 2.82. The van der Waals surface area contributed by atoms with E-state index in [2.05, 4.69) is 10.2 Å². The minimum Gasteiger partial charge on any atom is -0.465 e. The monoisotopic (exact) mass is 325 g/mol. The molecule has 0 saturated carbocycles. The van der Waals surface area contributed by atoms with Crippen molar-refractivity contribution in [3.63, 3.8) is 0 Å². The Labute approximate surface area is 134 Å². The zero-order valence-corrected chi connectivity index (χ0v) is 13.7. The van der Waals surface area contributed by atoms with E-state index in [0.717, 1.165) is 25.9 Å². The Balaban J connectivity index is 1.88. The lowest BCUT2D eigenvalue weighted by molar-refractivity contribution is -0.117.